The minimum Gasteiger partial charge on any atom is -0.355 e. The van der Waals surface area contributed by atoms with E-state index in [0.717, 1.165) is 12.8 Å². The van der Waals surface area contributed by atoms with Crippen LogP contribution in [0.1, 0.15) is 53.0 Å². The Labute approximate surface area is 164 Å². The van der Waals surface area contributed by atoms with Crippen LogP contribution in [0, 0.1) is 11.8 Å². The average molecular weight is 388 g/mol. The Kier molecular flexibility index (Phi) is 6.25. The lowest BCUT2D eigenvalue weighted by molar-refractivity contribution is -0.120. The molecule has 27 heavy (non-hydrogen) atoms. The Hall–Kier alpha value is -1.82. The first-order chi connectivity index (χ1) is 12.9. The molecule has 146 valence electrons. The van der Waals surface area contributed by atoms with Crippen molar-refractivity contribution in [2.24, 2.45) is 11.8 Å². The molecule has 0 radical (unpaired) electrons. The first-order valence-electron chi connectivity index (χ1n) is 9.89. The van der Waals surface area contributed by atoms with Gasteiger partial charge in [0.2, 0.25) is 5.91 Å². The molecular weight excluding hydrogens is 358 g/mol. The van der Waals surface area contributed by atoms with E-state index < -0.39 is 0 Å². The average Bonchev–Trinajstić information content (AvgIpc) is 2.65. The molecule has 1 saturated carbocycles. The van der Waals surface area contributed by atoms with Crippen molar-refractivity contribution in [2.75, 3.05) is 6.54 Å². The van der Waals surface area contributed by atoms with Crippen LogP contribution in [0.2, 0.25) is 0 Å². The van der Waals surface area contributed by atoms with Crippen LogP contribution in [0.3, 0.4) is 0 Å². The maximum atomic E-state index is 13.4. The monoisotopic (exact) mass is 387 g/mol. The molecule has 6 heteroatoms. The molecule has 4 atom stereocenters. The van der Waals surface area contributed by atoms with Gasteiger partial charge >= 0.3 is 0 Å². The van der Waals surface area contributed by atoms with E-state index in [1.165, 1.54) is 18.2 Å². The van der Waals surface area contributed by atoms with E-state index in [2.05, 4.69) is 19.2 Å². The van der Waals surface area contributed by atoms with Gasteiger partial charge in [-0.1, -0.05) is 50.6 Å². The topological polar surface area (TPSA) is 64.0 Å². The van der Waals surface area contributed by atoms with Crippen LogP contribution in [-0.4, -0.2) is 27.3 Å². The maximum Gasteiger partial charge on any atom is 0.262 e. The fourth-order valence-electron chi connectivity index (χ4n) is 3.95. The summed E-state index contributed by atoms with van der Waals surface area (Å²) in [6.07, 6.45) is 3.30. The number of rotatable bonds is 5. The summed E-state index contributed by atoms with van der Waals surface area (Å²) >= 11 is 1.38. The molecule has 2 aromatic rings. The molecule has 0 bridgehead atoms. The van der Waals surface area contributed by atoms with Gasteiger partial charge in [-0.25, -0.2) is 4.98 Å². The van der Waals surface area contributed by atoms with Gasteiger partial charge in [0.15, 0.2) is 5.16 Å². The number of hydrogen-bond donors (Lipinski definition) is 1. The second-order valence-corrected chi connectivity index (χ2v) is 8.88. The van der Waals surface area contributed by atoms with E-state index in [9.17, 15) is 9.59 Å². The van der Waals surface area contributed by atoms with Crippen molar-refractivity contribution in [3.05, 3.63) is 34.6 Å². The summed E-state index contributed by atoms with van der Waals surface area (Å²) in [4.78, 5) is 30.4. The van der Waals surface area contributed by atoms with Gasteiger partial charge in [-0.15, -0.1) is 0 Å². The summed E-state index contributed by atoms with van der Waals surface area (Å²) in [6.45, 7) is 8.87. The molecule has 0 saturated heterocycles. The van der Waals surface area contributed by atoms with Crippen LogP contribution in [-0.2, 0) is 4.79 Å². The van der Waals surface area contributed by atoms with E-state index in [-0.39, 0.29) is 22.8 Å². The third kappa shape index (κ3) is 4.05. The third-order valence-corrected chi connectivity index (χ3v) is 6.84. The molecule has 0 spiro atoms. The Balaban J connectivity index is 2.10. The molecule has 1 aliphatic rings. The van der Waals surface area contributed by atoms with Gasteiger partial charge < -0.3 is 5.32 Å². The largest absolute Gasteiger partial charge is 0.355 e. The normalized spacial score (nSPS) is 23.9. The molecule has 1 N–H and O–H groups in total. The number of benzene rings is 1. The van der Waals surface area contributed by atoms with Gasteiger partial charge in [0.25, 0.3) is 5.56 Å². The first-order valence-corrected chi connectivity index (χ1v) is 10.8. The van der Waals surface area contributed by atoms with Crippen molar-refractivity contribution in [2.45, 2.75) is 63.4 Å². The lowest BCUT2D eigenvalue weighted by atomic mass is 9.78. The van der Waals surface area contributed by atoms with Crippen molar-refractivity contribution in [3.8, 4) is 0 Å². The molecule has 1 heterocycles. The fourth-order valence-corrected chi connectivity index (χ4v) is 4.94. The Morgan fingerprint density at radius 1 is 1.33 bits per heavy atom. The number of nitrogens with zero attached hydrogens (tertiary/aromatic N) is 2. The predicted molar refractivity (Wildman–Crippen MR) is 111 cm³/mol. The fraction of sp³-hybridized carbons (Fsp3) is 0.571. The molecule has 1 amide bonds. The van der Waals surface area contributed by atoms with Crippen LogP contribution in [0.25, 0.3) is 10.9 Å². The molecule has 1 aliphatic carbocycles. The van der Waals surface area contributed by atoms with Crippen LogP contribution in [0.15, 0.2) is 34.2 Å². The Morgan fingerprint density at radius 2 is 2.07 bits per heavy atom. The minimum absolute atomic E-state index is 0.0112. The van der Waals surface area contributed by atoms with Crippen molar-refractivity contribution in [3.63, 3.8) is 0 Å². The van der Waals surface area contributed by atoms with E-state index in [1.807, 2.05) is 42.7 Å². The summed E-state index contributed by atoms with van der Waals surface area (Å²) in [5, 5.41) is 3.86. The lowest BCUT2D eigenvalue weighted by Crippen LogP contribution is -2.36. The number of aromatic nitrogens is 2. The Bertz CT molecular complexity index is 879. The van der Waals surface area contributed by atoms with Crippen LogP contribution in [0.4, 0.5) is 0 Å². The number of hydrogen-bond acceptors (Lipinski definition) is 4. The first kappa shape index (κ1) is 19.9. The van der Waals surface area contributed by atoms with Crippen LogP contribution >= 0.6 is 11.8 Å². The van der Waals surface area contributed by atoms with Crippen molar-refractivity contribution in [1.82, 2.24) is 14.9 Å². The number of thioether (sulfide) groups is 1. The van der Waals surface area contributed by atoms with Gasteiger partial charge in [-0.05, 0) is 44.2 Å². The molecule has 1 aromatic heterocycles. The molecular formula is C21H29N3O2S. The number of carbonyl (C=O) groups excluding carboxylic acids is 1. The van der Waals surface area contributed by atoms with Gasteiger partial charge in [0, 0.05) is 12.6 Å². The zero-order valence-corrected chi connectivity index (χ0v) is 17.4. The van der Waals surface area contributed by atoms with Crippen molar-refractivity contribution >= 4 is 28.6 Å². The van der Waals surface area contributed by atoms with Crippen molar-refractivity contribution < 1.29 is 4.79 Å². The third-order valence-electron chi connectivity index (χ3n) is 5.77. The number of nitrogens with one attached hydrogen (secondary N) is 1. The summed E-state index contributed by atoms with van der Waals surface area (Å²) in [5.74, 6) is 0.945. The van der Waals surface area contributed by atoms with Gasteiger partial charge in [0.05, 0.1) is 16.2 Å². The predicted octanol–water partition coefficient (Wildman–Crippen LogP) is 4.01. The zero-order chi connectivity index (χ0) is 19.6. The second kappa shape index (κ2) is 8.46. The van der Waals surface area contributed by atoms with E-state index in [4.69, 9.17) is 4.98 Å². The van der Waals surface area contributed by atoms with Crippen LogP contribution < -0.4 is 10.9 Å². The summed E-state index contributed by atoms with van der Waals surface area (Å²) in [6, 6.07) is 7.62. The summed E-state index contributed by atoms with van der Waals surface area (Å²) in [5.41, 5.74) is 0.706. The van der Waals surface area contributed by atoms with Gasteiger partial charge in [-0.2, -0.15) is 0 Å². The van der Waals surface area contributed by atoms with Crippen LogP contribution in [0.5, 0.6) is 0 Å². The maximum absolute atomic E-state index is 13.4. The molecule has 1 aromatic carbocycles. The number of fused-ring (bicyclic) bond motifs is 1. The Morgan fingerprint density at radius 3 is 2.81 bits per heavy atom. The highest BCUT2D eigenvalue weighted by Gasteiger charge is 2.32. The van der Waals surface area contributed by atoms with E-state index in [0.29, 0.717) is 34.4 Å². The number of amides is 1. The van der Waals surface area contributed by atoms with Gasteiger partial charge in [0.1, 0.15) is 0 Å². The highest BCUT2D eigenvalue weighted by Crippen LogP contribution is 2.39. The number of para-hydroxylation sites is 1. The summed E-state index contributed by atoms with van der Waals surface area (Å²) < 4.78 is 1.88. The van der Waals surface area contributed by atoms with Gasteiger partial charge in [-0.3, -0.25) is 14.2 Å². The molecule has 1 fully saturated rings. The van der Waals surface area contributed by atoms with E-state index >= 15 is 0 Å². The quantitative estimate of drug-likeness (QED) is 0.622. The molecule has 3 rings (SSSR count). The summed E-state index contributed by atoms with van der Waals surface area (Å²) in [7, 11) is 0. The zero-order valence-electron chi connectivity index (χ0n) is 16.6. The minimum atomic E-state index is -0.305. The standard InChI is InChI=1S/C21H29N3O2S/c1-5-22-19(25)15(4)27-21-23-17-11-7-6-10-16(17)20(26)24(21)18-12-8-9-13(2)14(18)3/h6-7,10-11,13-15,18H,5,8-9,12H2,1-4H3,(H,22,25)/t13-,14-,15+,18-/m1/s1. The second-order valence-electron chi connectivity index (χ2n) is 7.58. The molecule has 0 aliphatic heterocycles. The van der Waals surface area contributed by atoms with Crippen molar-refractivity contribution in [1.29, 1.82) is 0 Å². The smallest absolute Gasteiger partial charge is 0.262 e. The highest BCUT2D eigenvalue weighted by atomic mass is 32.2. The molecule has 5 nitrogen and oxygen atoms in total. The highest BCUT2D eigenvalue weighted by molar-refractivity contribution is 8.00. The lowest BCUT2D eigenvalue weighted by Gasteiger charge is -2.36. The molecule has 0 unspecified atom stereocenters. The van der Waals surface area contributed by atoms with E-state index in [1.54, 1.807) is 0 Å². The number of carbonyl (C=O) groups is 1. The SMILES string of the molecule is CCNC(=O)[C@H](C)Sc1nc2ccccc2c(=O)n1[C@@H]1CCC[C@@H](C)[C@H]1C.